The van der Waals surface area contributed by atoms with E-state index in [0.29, 0.717) is 17.3 Å². The molecule has 0 radical (unpaired) electrons. The van der Waals surface area contributed by atoms with Crippen molar-refractivity contribution in [3.63, 3.8) is 0 Å². The minimum Gasteiger partial charge on any atom is -0.483 e. The largest absolute Gasteiger partial charge is 0.483 e. The van der Waals surface area contributed by atoms with Crippen LogP contribution < -0.4 is 10.1 Å². The smallest absolute Gasteiger partial charge is 0.261 e. The van der Waals surface area contributed by atoms with Crippen molar-refractivity contribution >= 4 is 23.4 Å². The first-order valence-electron chi connectivity index (χ1n) is 11.7. The van der Waals surface area contributed by atoms with Crippen LogP contribution in [0.15, 0.2) is 48.5 Å². The molecule has 5 nitrogen and oxygen atoms in total. The lowest BCUT2D eigenvalue weighted by molar-refractivity contribution is -0.142. The van der Waals surface area contributed by atoms with Gasteiger partial charge >= 0.3 is 0 Å². The molecule has 2 aromatic rings. The molecule has 178 valence electrons. The van der Waals surface area contributed by atoms with Gasteiger partial charge in [0.05, 0.1) is 0 Å². The Kier molecular flexibility index (Phi) is 8.41. The van der Waals surface area contributed by atoms with E-state index in [2.05, 4.69) is 26.1 Å². The highest BCUT2D eigenvalue weighted by molar-refractivity contribution is 6.30. The van der Waals surface area contributed by atoms with Gasteiger partial charge < -0.3 is 15.0 Å². The maximum atomic E-state index is 13.3. The molecular formula is C27H35ClN2O3. The van der Waals surface area contributed by atoms with E-state index >= 15 is 0 Å². The molecule has 6 heteroatoms. The van der Waals surface area contributed by atoms with Crippen LogP contribution >= 0.6 is 11.6 Å². The zero-order chi connectivity index (χ0) is 24.0. The highest BCUT2D eigenvalue weighted by Crippen LogP contribution is 2.31. The monoisotopic (exact) mass is 470 g/mol. The normalized spacial score (nSPS) is 15.2. The number of ether oxygens (including phenoxy) is 1. The van der Waals surface area contributed by atoms with Crippen molar-refractivity contribution in [3.8, 4) is 5.75 Å². The molecule has 2 aromatic carbocycles. The number of nitrogens with zero attached hydrogens (tertiary/aromatic N) is 1. The maximum absolute atomic E-state index is 13.3. The molecule has 1 aliphatic carbocycles. The van der Waals surface area contributed by atoms with E-state index in [1.165, 1.54) is 0 Å². The van der Waals surface area contributed by atoms with E-state index in [-0.39, 0.29) is 29.9 Å². The number of carbonyl (C=O) groups excluding carboxylic acids is 2. The molecule has 0 bridgehead atoms. The second-order valence-corrected chi connectivity index (χ2v) is 10.3. The lowest BCUT2D eigenvalue weighted by Gasteiger charge is -2.30. The van der Waals surface area contributed by atoms with Gasteiger partial charge in [-0.2, -0.15) is 0 Å². The third-order valence-electron chi connectivity index (χ3n) is 6.18. The fourth-order valence-corrected chi connectivity index (χ4v) is 4.32. The van der Waals surface area contributed by atoms with Crippen LogP contribution in [0.1, 0.15) is 64.5 Å². The molecular weight excluding hydrogens is 436 g/mol. The zero-order valence-corrected chi connectivity index (χ0v) is 20.8. The SMILES string of the molecule is C[C@@H](C(=O)NC1CCCC1)N(Cc1ccc(Cl)cc1)C(=O)COc1ccccc1C(C)(C)C. The van der Waals surface area contributed by atoms with Crippen LogP contribution in [0.2, 0.25) is 5.02 Å². The van der Waals surface area contributed by atoms with E-state index in [1.807, 2.05) is 36.4 Å². The third kappa shape index (κ3) is 6.97. The van der Waals surface area contributed by atoms with Crippen LogP contribution in [-0.2, 0) is 21.5 Å². The van der Waals surface area contributed by atoms with Gasteiger partial charge in [-0.25, -0.2) is 0 Å². The van der Waals surface area contributed by atoms with Gasteiger partial charge in [0, 0.05) is 17.6 Å². The minimum absolute atomic E-state index is 0.114. The number of hydrogen-bond donors (Lipinski definition) is 1. The predicted octanol–water partition coefficient (Wildman–Crippen LogP) is 5.49. The summed E-state index contributed by atoms with van der Waals surface area (Å²) in [7, 11) is 0. The molecule has 2 amide bonds. The van der Waals surface area contributed by atoms with Gasteiger partial charge in [-0.15, -0.1) is 0 Å². The first-order valence-corrected chi connectivity index (χ1v) is 12.1. The van der Waals surface area contributed by atoms with Crippen molar-refractivity contribution in [2.45, 2.75) is 77.4 Å². The molecule has 1 fully saturated rings. The van der Waals surface area contributed by atoms with E-state index < -0.39 is 6.04 Å². The van der Waals surface area contributed by atoms with E-state index in [1.54, 1.807) is 24.0 Å². The van der Waals surface area contributed by atoms with Crippen LogP contribution in [0, 0.1) is 0 Å². The standard InChI is InChI=1S/C27H35ClN2O3/c1-19(26(32)29-22-9-5-6-10-22)30(17-20-13-15-21(28)16-14-20)25(31)18-33-24-12-8-7-11-23(24)27(2,3)4/h7-8,11-16,19,22H,5-6,9-10,17-18H2,1-4H3,(H,29,32)/t19-/m0/s1. The molecule has 0 aromatic heterocycles. The van der Waals surface area contributed by atoms with Crippen molar-refractivity contribution in [2.24, 2.45) is 0 Å². The molecule has 1 N–H and O–H groups in total. The Hall–Kier alpha value is -2.53. The zero-order valence-electron chi connectivity index (χ0n) is 20.1. The summed E-state index contributed by atoms with van der Waals surface area (Å²) in [5, 5.41) is 3.75. The fourth-order valence-electron chi connectivity index (χ4n) is 4.20. The first-order chi connectivity index (χ1) is 15.6. The number of amides is 2. The molecule has 1 aliphatic rings. The van der Waals surface area contributed by atoms with Gasteiger partial charge in [0.2, 0.25) is 5.91 Å². The van der Waals surface area contributed by atoms with Gasteiger partial charge in [0.1, 0.15) is 11.8 Å². The number of para-hydroxylation sites is 1. The number of nitrogens with one attached hydrogen (secondary N) is 1. The summed E-state index contributed by atoms with van der Waals surface area (Å²) >= 11 is 6.02. The number of halogens is 1. The molecule has 0 spiro atoms. The van der Waals surface area contributed by atoms with Crippen LogP contribution in [0.5, 0.6) is 5.75 Å². The van der Waals surface area contributed by atoms with Gasteiger partial charge in [-0.3, -0.25) is 9.59 Å². The Morgan fingerprint density at radius 3 is 2.36 bits per heavy atom. The minimum atomic E-state index is -0.616. The third-order valence-corrected chi connectivity index (χ3v) is 6.43. The highest BCUT2D eigenvalue weighted by Gasteiger charge is 2.29. The Morgan fingerprint density at radius 1 is 1.09 bits per heavy atom. The summed E-state index contributed by atoms with van der Waals surface area (Å²) in [5.41, 5.74) is 1.83. The molecule has 0 saturated heterocycles. The number of benzene rings is 2. The molecule has 1 saturated carbocycles. The lowest BCUT2D eigenvalue weighted by atomic mass is 9.86. The molecule has 1 atom stereocenters. The quantitative estimate of drug-likeness (QED) is 0.554. The van der Waals surface area contributed by atoms with Crippen molar-refractivity contribution in [3.05, 3.63) is 64.7 Å². The van der Waals surface area contributed by atoms with E-state index in [0.717, 1.165) is 36.8 Å². The maximum Gasteiger partial charge on any atom is 0.261 e. The molecule has 0 heterocycles. The first kappa shape index (κ1) is 25.1. The predicted molar refractivity (Wildman–Crippen MR) is 132 cm³/mol. The number of hydrogen-bond acceptors (Lipinski definition) is 3. The van der Waals surface area contributed by atoms with E-state index in [4.69, 9.17) is 16.3 Å². The number of rotatable bonds is 8. The average molecular weight is 471 g/mol. The Morgan fingerprint density at radius 2 is 1.73 bits per heavy atom. The van der Waals surface area contributed by atoms with Crippen LogP contribution in [0.4, 0.5) is 0 Å². The Balaban J connectivity index is 1.75. The molecule has 0 aliphatic heterocycles. The Bertz CT molecular complexity index is 947. The summed E-state index contributed by atoms with van der Waals surface area (Å²) in [4.78, 5) is 27.9. The van der Waals surface area contributed by atoms with Crippen molar-refractivity contribution in [1.29, 1.82) is 0 Å². The average Bonchev–Trinajstić information content (AvgIpc) is 3.29. The second kappa shape index (κ2) is 11.1. The van der Waals surface area contributed by atoms with Crippen molar-refractivity contribution in [1.82, 2.24) is 10.2 Å². The fraction of sp³-hybridized carbons (Fsp3) is 0.481. The van der Waals surface area contributed by atoms with E-state index in [9.17, 15) is 9.59 Å². The molecule has 33 heavy (non-hydrogen) atoms. The van der Waals surface area contributed by atoms with Crippen LogP contribution in [0.25, 0.3) is 0 Å². The number of carbonyl (C=O) groups is 2. The Labute approximate surface area is 202 Å². The van der Waals surface area contributed by atoms with Gasteiger partial charge in [-0.05, 0) is 54.5 Å². The topological polar surface area (TPSA) is 58.6 Å². The second-order valence-electron chi connectivity index (χ2n) is 9.85. The molecule has 3 rings (SSSR count). The lowest BCUT2D eigenvalue weighted by Crippen LogP contribution is -2.50. The van der Waals surface area contributed by atoms with Crippen molar-refractivity contribution < 1.29 is 14.3 Å². The molecule has 0 unspecified atom stereocenters. The van der Waals surface area contributed by atoms with Crippen molar-refractivity contribution in [2.75, 3.05) is 6.61 Å². The highest BCUT2D eigenvalue weighted by atomic mass is 35.5. The van der Waals surface area contributed by atoms with Crippen LogP contribution in [-0.4, -0.2) is 35.4 Å². The van der Waals surface area contributed by atoms with Gasteiger partial charge in [0.25, 0.3) is 5.91 Å². The summed E-state index contributed by atoms with van der Waals surface area (Å²) in [5.74, 6) is 0.329. The summed E-state index contributed by atoms with van der Waals surface area (Å²) in [6.45, 7) is 8.28. The van der Waals surface area contributed by atoms with Gasteiger partial charge in [-0.1, -0.05) is 75.5 Å². The van der Waals surface area contributed by atoms with Crippen LogP contribution in [0.3, 0.4) is 0 Å². The summed E-state index contributed by atoms with van der Waals surface area (Å²) < 4.78 is 5.98. The summed E-state index contributed by atoms with van der Waals surface area (Å²) in [6.07, 6.45) is 4.26. The van der Waals surface area contributed by atoms with Gasteiger partial charge in [0.15, 0.2) is 6.61 Å². The summed E-state index contributed by atoms with van der Waals surface area (Å²) in [6, 6.07) is 14.7.